The summed E-state index contributed by atoms with van der Waals surface area (Å²) in [7, 11) is 0. The first-order valence-corrected chi connectivity index (χ1v) is 6.94. The van der Waals surface area contributed by atoms with Gasteiger partial charge in [0.25, 0.3) is 0 Å². The fraction of sp³-hybridized carbons (Fsp3) is 0.375. The molecule has 3 rings (SSSR count). The molecule has 0 radical (unpaired) electrons. The molecule has 3 nitrogen and oxygen atoms in total. The van der Waals surface area contributed by atoms with Gasteiger partial charge in [-0.25, -0.2) is 0 Å². The Morgan fingerprint density at radius 1 is 1.26 bits per heavy atom. The molecule has 1 aliphatic heterocycles. The number of nitrogens with one attached hydrogen (secondary N) is 1. The van der Waals surface area contributed by atoms with E-state index in [9.17, 15) is 0 Å². The lowest BCUT2D eigenvalue weighted by molar-refractivity contribution is 0.433. The molecule has 1 N–H and O–H groups in total. The quantitative estimate of drug-likeness (QED) is 0.891. The number of nitrogens with zero attached hydrogens (tertiary/aromatic N) is 1. The van der Waals surface area contributed by atoms with Gasteiger partial charge in [-0.1, -0.05) is 18.2 Å². The minimum atomic E-state index is 0.271. The summed E-state index contributed by atoms with van der Waals surface area (Å²) >= 11 is 0. The fourth-order valence-corrected chi connectivity index (χ4v) is 2.69. The minimum Gasteiger partial charge on any atom is -0.468 e. The van der Waals surface area contributed by atoms with Crippen molar-refractivity contribution < 1.29 is 4.42 Å². The predicted octanol–water partition coefficient (Wildman–Crippen LogP) is 2.99. The van der Waals surface area contributed by atoms with Crippen molar-refractivity contribution in [3.8, 4) is 0 Å². The van der Waals surface area contributed by atoms with Crippen molar-refractivity contribution in [3.05, 3.63) is 54.0 Å². The third kappa shape index (κ3) is 2.66. The molecule has 2 heterocycles. The predicted molar refractivity (Wildman–Crippen MR) is 77.5 cm³/mol. The van der Waals surface area contributed by atoms with Crippen LogP contribution in [-0.2, 0) is 6.42 Å². The molecule has 1 atom stereocenters. The first-order chi connectivity index (χ1) is 9.34. The number of fused-ring (bicyclic) bond motifs is 1. The van der Waals surface area contributed by atoms with Crippen LogP contribution in [0.1, 0.15) is 24.3 Å². The highest BCUT2D eigenvalue weighted by Crippen LogP contribution is 2.26. The normalized spacial score (nSPS) is 15.5. The van der Waals surface area contributed by atoms with Gasteiger partial charge in [0.2, 0.25) is 0 Å². The monoisotopic (exact) mass is 256 g/mol. The van der Waals surface area contributed by atoms with Gasteiger partial charge in [0.1, 0.15) is 5.76 Å². The molecule has 1 unspecified atom stereocenters. The van der Waals surface area contributed by atoms with E-state index in [4.69, 9.17) is 4.42 Å². The smallest absolute Gasteiger partial charge is 0.120 e. The summed E-state index contributed by atoms with van der Waals surface area (Å²) in [5.74, 6) is 1.00. The molecule has 0 bridgehead atoms. The molecule has 19 heavy (non-hydrogen) atoms. The zero-order chi connectivity index (χ0) is 13.1. The van der Waals surface area contributed by atoms with Gasteiger partial charge in [-0.15, -0.1) is 0 Å². The lowest BCUT2D eigenvalue weighted by Crippen LogP contribution is -2.32. The average molecular weight is 256 g/mol. The van der Waals surface area contributed by atoms with Crippen LogP contribution in [0.2, 0.25) is 0 Å². The summed E-state index contributed by atoms with van der Waals surface area (Å²) in [6.45, 7) is 5.28. The van der Waals surface area contributed by atoms with Crippen LogP contribution in [0.3, 0.4) is 0 Å². The van der Waals surface area contributed by atoms with Gasteiger partial charge >= 0.3 is 0 Å². The van der Waals surface area contributed by atoms with Gasteiger partial charge in [0.15, 0.2) is 0 Å². The summed E-state index contributed by atoms with van der Waals surface area (Å²) < 4.78 is 5.40. The Kier molecular flexibility index (Phi) is 3.56. The number of hydrogen-bond acceptors (Lipinski definition) is 3. The van der Waals surface area contributed by atoms with Crippen molar-refractivity contribution in [1.82, 2.24) is 5.32 Å². The van der Waals surface area contributed by atoms with E-state index < -0.39 is 0 Å². The highest BCUT2D eigenvalue weighted by Gasteiger charge is 2.17. The molecule has 1 aromatic carbocycles. The Hall–Kier alpha value is -1.74. The van der Waals surface area contributed by atoms with Crippen molar-refractivity contribution in [2.24, 2.45) is 0 Å². The standard InChI is InChI=1S/C16H20N2O/c1-13(16-7-4-12-19-16)17-9-11-18-10-8-14-5-2-3-6-15(14)18/h2-7,12-13,17H,8-11H2,1H3. The number of anilines is 1. The molecule has 100 valence electrons. The van der Waals surface area contributed by atoms with E-state index in [1.807, 2.05) is 12.1 Å². The molecule has 3 heteroatoms. The first-order valence-electron chi connectivity index (χ1n) is 6.94. The van der Waals surface area contributed by atoms with Gasteiger partial charge in [-0.2, -0.15) is 0 Å². The number of para-hydroxylation sites is 1. The maximum absolute atomic E-state index is 5.40. The SMILES string of the molecule is CC(NCCN1CCc2ccccc21)c1ccco1. The van der Waals surface area contributed by atoms with Crippen LogP contribution in [0.15, 0.2) is 47.1 Å². The van der Waals surface area contributed by atoms with Gasteiger partial charge in [-0.3, -0.25) is 0 Å². The van der Waals surface area contributed by atoms with Crippen molar-refractivity contribution in [2.45, 2.75) is 19.4 Å². The van der Waals surface area contributed by atoms with E-state index in [0.29, 0.717) is 0 Å². The topological polar surface area (TPSA) is 28.4 Å². The Balaban J connectivity index is 1.51. The van der Waals surface area contributed by atoms with Crippen molar-refractivity contribution in [2.75, 3.05) is 24.5 Å². The zero-order valence-corrected chi connectivity index (χ0v) is 11.3. The Bertz CT molecular complexity index is 521. The van der Waals surface area contributed by atoms with Crippen LogP contribution in [0, 0.1) is 0 Å². The van der Waals surface area contributed by atoms with E-state index in [0.717, 1.165) is 25.4 Å². The summed E-state index contributed by atoms with van der Waals surface area (Å²) in [4.78, 5) is 2.46. The molecular formula is C16H20N2O. The summed E-state index contributed by atoms with van der Waals surface area (Å²) in [5.41, 5.74) is 2.87. The summed E-state index contributed by atoms with van der Waals surface area (Å²) in [5, 5.41) is 3.51. The fourth-order valence-electron chi connectivity index (χ4n) is 2.69. The minimum absolute atomic E-state index is 0.271. The largest absolute Gasteiger partial charge is 0.468 e. The zero-order valence-electron chi connectivity index (χ0n) is 11.3. The number of furan rings is 1. The highest BCUT2D eigenvalue weighted by atomic mass is 16.3. The third-order valence-corrected chi connectivity index (χ3v) is 3.79. The molecule has 0 fully saturated rings. The van der Waals surface area contributed by atoms with Crippen LogP contribution < -0.4 is 10.2 Å². The van der Waals surface area contributed by atoms with E-state index in [1.165, 1.54) is 17.7 Å². The molecule has 1 aromatic heterocycles. The molecule has 0 amide bonds. The maximum atomic E-state index is 5.40. The van der Waals surface area contributed by atoms with Crippen molar-refractivity contribution >= 4 is 5.69 Å². The number of benzene rings is 1. The second-order valence-corrected chi connectivity index (χ2v) is 5.06. The lowest BCUT2D eigenvalue weighted by Gasteiger charge is -2.20. The summed E-state index contributed by atoms with van der Waals surface area (Å²) in [6, 6.07) is 12.9. The second kappa shape index (κ2) is 5.49. The van der Waals surface area contributed by atoms with Crippen LogP contribution in [0.25, 0.3) is 0 Å². The van der Waals surface area contributed by atoms with Gasteiger partial charge in [-0.05, 0) is 37.1 Å². The first kappa shape index (κ1) is 12.3. The number of hydrogen-bond donors (Lipinski definition) is 1. The van der Waals surface area contributed by atoms with E-state index in [1.54, 1.807) is 6.26 Å². The number of rotatable bonds is 5. The molecule has 0 saturated heterocycles. The average Bonchev–Trinajstić information content (AvgIpc) is 3.08. The Labute approximate surface area is 114 Å². The Morgan fingerprint density at radius 3 is 3.00 bits per heavy atom. The van der Waals surface area contributed by atoms with Crippen LogP contribution in [-0.4, -0.2) is 19.6 Å². The van der Waals surface area contributed by atoms with E-state index >= 15 is 0 Å². The highest BCUT2D eigenvalue weighted by molar-refractivity contribution is 5.57. The lowest BCUT2D eigenvalue weighted by atomic mass is 10.2. The maximum Gasteiger partial charge on any atom is 0.120 e. The van der Waals surface area contributed by atoms with Crippen LogP contribution >= 0.6 is 0 Å². The van der Waals surface area contributed by atoms with Gasteiger partial charge in [0, 0.05) is 25.3 Å². The van der Waals surface area contributed by atoms with Crippen molar-refractivity contribution in [1.29, 1.82) is 0 Å². The summed E-state index contributed by atoms with van der Waals surface area (Å²) in [6.07, 6.45) is 2.90. The van der Waals surface area contributed by atoms with Gasteiger partial charge < -0.3 is 14.6 Å². The van der Waals surface area contributed by atoms with Crippen molar-refractivity contribution in [3.63, 3.8) is 0 Å². The van der Waals surface area contributed by atoms with E-state index in [2.05, 4.69) is 41.4 Å². The third-order valence-electron chi connectivity index (χ3n) is 3.79. The molecule has 2 aromatic rings. The van der Waals surface area contributed by atoms with Crippen LogP contribution in [0.5, 0.6) is 0 Å². The van der Waals surface area contributed by atoms with Gasteiger partial charge in [0.05, 0.1) is 12.3 Å². The molecule has 0 spiro atoms. The molecule has 0 saturated carbocycles. The Morgan fingerprint density at radius 2 is 2.16 bits per heavy atom. The molecule has 1 aliphatic rings. The van der Waals surface area contributed by atoms with Crippen LogP contribution in [0.4, 0.5) is 5.69 Å². The van der Waals surface area contributed by atoms with E-state index in [-0.39, 0.29) is 6.04 Å². The molecule has 0 aliphatic carbocycles. The molecular weight excluding hydrogens is 236 g/mol. The second-order valence-electron chi connectivity index (χ2n) is 5.06.